The molecule has 0 spiro atoms. The first-order valence-corrected chi connectivity index (χ1v) is 6.37. The highest BCUT2D eigenvalue weighted by Crippen LogP contribution is 2.32. The molecule has 5 heteroatoms. The Morgan fingerprint density at radius 2 is 1.86 bits per heavy atom. The number of ketones is 2. The number of fused-ring (bicyclic) bond motifs is 1. The Kier molecular flexibility index (Phi) is 3.83. The lowest BCUT2D eigenvalue weighted by molar-refractivity contribution is 0.0954. The van der Waals surface area contributed by atoms with E-state index in [1.165, 1.54) is 30.0 Å². The fourth-order valence-corrected chi connectivity index (χ4v) is 2.16. The minimum absolute atomic E-state index is 0.0140. The zero-order valence-corrected chi connectivity index (χ0v) is 12.0. The van der Waals surface area contributed by atoms with Gasteiger partial charge < -0.3 is 15.1 Å². The number of aliphatic hydroxyl groups excluding tert-OH is 1. The fourth-order valence-electron chi connectivity index (χ4n) is 2.16. The van der Waals surface area contributed by atoms with Crippen LogP contribution in [-0.4, -0.2) is 46.9 Å². The van der Waals surface area contributed by atoms with Gasteiger partial charge in [-0.05, 0) is 19.1 Å². The average Bonchev–Trinajstić information content (AvgIpc) is 2.40. The van der Waals surface area contributed by atoms with Crippen molar-refractivity contribution in [1.82, 2.24) is 4.90 Å². The van der Waals surface area contributed by atoms with Gasteiger partial charge in [-0.3, -0.25) is 9.59 Å². The number of Topliss-reactive ketones (excluding diaryl/α,β-unsaturated/α-hetero) is 2. The Labute approximate surface area is 122 Å². The summed E-state index contributed by atoms with van der Waals surface area (Å²) in [5, 5.41) is 19.1. The van der Waals surface area contributed by atoms with E-state index in [9.17, 15) is 19.8 Å². The molecule has 108 valence electrons. The fraction of sp³-hybridized carbons (Fsp3) is 0.250. The molecule has 0 bridgehead atoms. The molecule has 1 aromatic rings. The second-order valence-corrected chi connectivity index (χ2v) is 4.92. The second-order valence-electron chi connectivity index (χ2n) is 4.92. The Morgan fingerprint density at radius 3 is 2.43 bits per heavy atom. The first kappa shape index (κ1) is 14.8. The van der Waals surface area contributed by atoms with Crippen molar-refractivity contribution in [3.8, 4) is 17.6 Å². The molecule has 0 radical (unpaired) electrons. The van der Waals surface area contributed by atoms with E-state index >= 15 is 0 Å². The number of aliphatic hydroxyl groups is 1. The van der Waals surface area contributed by atoms with Crippen molar-refractivity contribution in [1.29, 1.82) is 0 Å². The number of phenols is 1. The molecule has 0 heterocycles. The van der Waals surface area contributed by atoms with Crippen LogP contribution < -0.4 is 0 Å². The molecule has 1 atom stereocenters. The summed E-state index contributed by atoms with van der Waals surface area (Å²) in [6.45, 7) is 1.46. The first-order valence-electron chi connectivity index (χ1n) is 6.37. The number of rotatable bonds is 1. The summed E-state index contributed by atoms with van der Waals surface area (Å²) >= 11 is 0. The molecule has 1 aliphatic rings. The monoisotopic (exact) mass is 285 g/mol. The second kappa shape index (κ2) is 5.43. The Morgan fingerprint density at radius 1 is 1.19 bits per heavy atom. The molecule has 1 aliphatic carbocycles. The van der Waals surface area contributed by atoms with Crippen LogP contribution in [0.25, 0.3) is 0 Å². The number of hydrogen-bond donors (Lipinski definition) is 2. The van der Waals surface area contributed by atoms with Crippen LogP contribution in [0.1, 0.15) is 27.6 Å². The van der Waals surface area contributed by atoms with Crippen molar-refractivity contribution in [3.05, 3.63) is 40.6 Å². The molecule has 2 N–H and O–H groups in total. The summed E-state index contributed by atoms with van der Waals surface area (Å²) in [5.41, 5.74) is 0.264. The lowest BCUT2D eigenvalue weighted by Gasteiger charge is -2.23. The van der Waals surface area contributed by atoms with Crippen LogP contribution in [0.15, 0.2) is 29.5 Å². The van der Waals surface area contributed by atoms with E-state index in [1.54, 1.807) is 14.1 Å². The summed E-state index contributed by atoms with van der Waals surface area (Å²) in [4.78, 5) is 26.6. The summed E-state index contributed by atoms with van der Waals surface area (Å²) in [6.07, 6.45) is -0.922. The summed E-state index contributed by atoms with van der Waals surface area (Å²) < 4.78 is 0. The van der Waals surface area contributed by atoms with Crippen molar-refractivity contribution >= 4 is 11.6 Å². The maximum absolute atomic E-state index is 12.5. The molecule has 5 nitrogen and oxygen atoms in total. The molecule has 1 unspecified atom stereocenters. The third-order valence-electron chi connectivity index (χ3n) is 3.05. The van der Waals surface area contributed by atoms with Crippen LogP contribution >= 0.6 is 0 Å². The summed E-state index contributed by atoms with van der Waals surface area (Å²) in [7, 11) is 3.27. The Bertz CT molecular complexity index is 718. The highest BCUT2D eigenvalue weighted by Gasteiger charge is 2.34. The van der Waals surface area contributed by atoms with Gasteiger partial charge >= 0.3 is 0 Å². The number of carbonyl (C=O) groups is 2. The zero-order valence-electron chi connectivity index (χ0n) is 12.0. The summed E-state index contributed by atoms with van der Waals surface area (Å²) in [5.74, 6) is 3.89. The van der Waals surface area contributed by atoms with Crippen molar-refractivity contribution in [2.24, 2.45) is 0 Å². The predicted octanol–water partition coefficient (Wildman–Crippen LogP) is 0.971. The molecule has 0 amide bonds. The molecular formula is C16H15NO4. The minimum Gasteiger partial charge on any atom is -0.507 e. The Balaban J connectivity index is 2.73. The van der Waals surface area contributed by atoms with E-state index in [2.05, 4.69) is 11.8 Å². The van der Waals surface area contributed by atoms with E-state index in [-0.39, 0.29) is 33.9 Å². The standard InChI is InChI=1S/C16H15NO4/c1-9(18)7-8-11-14(17(2)3)16(21)10-5-4-6-12(19)13(10)15(11)20/h4-6,9,18-19H,1-3H3. The highest BCUT2D eigenvalue weighted by atomic mass is 16.3. The molecule has 0 aromatic heterocycles. The van der Waals surface area contributed by atoms with E-state index in [4.69, 9.17) is 0 Å². The van der Waals surface area contributed by atoms with Gasteiger partial charge in [-0.2, -0.15) is 0 Å². The number of phenolic OH excluding ortho intramolecular Hbond substituents is 1. The van der Waals surface area contributed by atoms with E-state index in [0.717, 1.165) is 0 Å². The Hall–Kier alpha value is -2.58. The number of likely N-dealkylation sites (N-methyl/N-ethyl adjacent to an activating group) is 1. The van der Waals surface area contributed by atoms with Gasteiger partial charge in [-0.15, -0.1) is 0 Å². The van der Waals surface area contributed by atoms with Crippen LogP contribution in [0.2, 0.25) is 0 Å². The molecule has 1 aromatic carbocycles. The maximum Gasteiger partial charge on any atom is 0.211 e. The van der Waals surface area contributed by atoms with E-state index in [1.807, 2.05) is 0 Å². The van der Waals surface area contributed by atoms with Gasteiger partial charge in [0.25, 0.3) is 0 Å². The van der Waals surface area contributed by atoms with Gasteiger partial charge in [0.15, 0.2) is 0 Å². The van der Waals surface area contributed by atoms with Crippen LogP contribution in [-0.2, 0) is 0 Å². The van der Waals surface area contributed by atoms with Gasteiger partial charge in [0.1, 0.15) is 23.1 Å². The molecule has 2 rings (SSSR count). The SMILES string of the molecule is CC(O)C#CC1=C(N(C)C)C(=O)c2cccc(O)c2C1=O. The molecule has 21 heavy (non-hydrogen) atoms. The molecule has 0 fully saturated rings. The molecule has 0 saturated carbocycles. The maximum atomic E-state index is 12.5. The quantitative estimate of drug-likeness (QED) is 0.752. The van der Waals surface area contributed by atoms with E-state index < -0.39 is 11.9 Å². The van der Waals surface area contributed by atoms with Gasteiger partial charge in [0.2, 0.25) is 11.6 Å². The molecule has 0 saturated heterocycles. The number of hydrogen-bond acceptors (Lipinski definition) is 5. The summed E-state index contributed by atoms with van der Waals surface area (Å²) in [6, 6.07) is 4.36. The van der Waals surface area contributed by atoms with Crippen LogP contribution in [0.4, 0.5) is 0 Å². The predicted molar refractivity (Wildman–Crippen MR) is 76.9 cm³/mol. The van der Waals surface area contributed by atoms with Gasteiger partial charge in [0, 0.05) is 19.7 Å². The van der Waals surface area contributed by atoms with E-state index in [0.29, 0.717) is 0 Å². The lowest BCUT2D eigenvalue weighted by atomic mass is 9.86. The topological polar surface area (TPSA) is 77.8 Å². The lowest BCUT2D eigenvalue weighted by Crippen LogP contribution is -2.29. The first-order chi connectivity index (χ1) is 9.84. The van der Waals surface area contributed by atoms with Crippen LogP contribution in [0.3, 0.4) is 0 Å². The normalized spacial score (nSPS) is 15.2. The van der Waals surface area contributed by atoms with Crippen molar-refractivity contribution in [2.75, 3.05) is 14.1 Å². The van der Waals surface area contributed by atoms with Gasteiger partial charge in [-0.1, -0.05) is 17.9 Å². The molecular weight excluding hydrogens is 270 g/mol. The number of carbonyl (C=O) groups excluding carboxylic acids is 2. The van der Waals surface area contributed by atoms with Gasteiger partial charge in [-0.25, -0.2) is 0 Å². The van der Waals surface area contributed by atoms with Crippen molar-refractivity contribution in [2.45, 2.75) is 13.0 Å². The smallest absolute Gasteiger partial charge is 0.211 e. The number of nitrogens with zero attached hydrogens (tertiary/aromatic N) is 1. The van der Waals surface area contributed by atoms with Crippen molar-refractivity contribution < 1.29 is 19.8 Å². The number of aromatic hydroxyl groups is 1. The highest BCUT2D eigenvalue weighted by molar-refractivity contribution is 6.29. The average molecular weight is 285 g/mol. The number of benzene rings is 1. The zero-order chi connectivity index (χ0) is 15.7. The largest absolute Gasteiger partial charge is 0.507 e. The minimum atomic E-state index is -0.922. The van der Waals surface area contributed by atoms with Crippen molar-refractivity contribution in [3.63, 3.8) is 0 Å². The third-order valence-corrected chi connectivity index (χ3v) is 3.05. The third kappa shape index (κ3) is 2.54. The van der Waals surface area contributed by atoms with Crippen LogP contribution in [0.5, 0.6) is 5.75 Å². The number of allylic oxidation sites excluding steroid dienone is 2. The van der Waals surface area contributed by atoms with Gasteiger partial charge in [0.05, 0.1) is 5.56 Å². The molecule has 0 aliphatic heterocycles. The van der Waals surface area contributed by atoms with Crippen LogP contribution in [0, 0.1) is 11.8 Å².